The first-order chi connectivity index (χ1) is 15.3. The summed E-state index contributed by atoms with van der Waals surface area (Å²) in [6.45, 7) is 5.35. The minimum absolute atomic E-state index is 0.184. The number of amides is 3. The van der Waals surface area contributed by atoms with Crippen molar-refractivity contribution in [2.24, 2.45) is 0 Å². The molecule has 3 amide bonds. The summed E-state index contributed by atoms with van der Waals surface area (Å²) in [5.41, 5.74) is 4.98. The molecule has 0 saturated heterocycles. The molecule has 0 saturated carbocycles. The first kappa shape index (κ1) is 21.1. The molecule has 160 valence electrons. The number of imide groups is 1. The van der Waals surface area contributed by atoms with Gasteiger partial charge in [0.15, 0.2) is 0 Å². The highest BCUT2D eigenvalue weighted by Crippen LogP contribution is 2.34. The Labute approximate surface area is 186 Å². The number of nitrogens with one attached hydrogen (secondary N) is 2. The van der Waals surface area contributed by atoms with Crippen molar-refractivity contribution in [3.63, 3.8) is 0 Å². The molecule has 2 N–H and O–H groups in total. The smallest absolute Gasteiger partial charge is 0.282 e. The Balaban J connectivity index is 1.81. The topological polar surface area (TPSA) is 78.5 Å². The average Bonchev–Trinajstić information content (AvgIpc) is 3.01. The number of carbonyl (C=O) groups is 3. The molecule has 1 heterocycles. The summed E-state index contributed by atoms with van der Waals surface area (Å²) in [5, 5.41) is 5.93. The van der Waals surface area contributed by atoms with Gasteiger partial charge < -0.3 is 10.6 Å². The fourth-order valence-corrected chi connectivity index (χ4v) is 3.65. The zero-order chi connectivity index (χ0) is 22.8. The van der Waals surface area contributed by atoms with Crippen molar-refractivity contribution in [3.8, 4) is 0 Å². The van der Waals surface area contributed by atoms with E-state index in [9.17, 15) is 14.4 Å². The summed E-state index contributed by atoms with van der Waals surface area (Å²) in [6.07, 6.45) is 0. The lowest BCUT2D eigenvalue weighted by molar-refractivity contribution is -0.120. The van der Waals surface area contributed by atoms with E-state index in [0.29, 0.717) is 16.9 Å². The fraction of sp³-hybridized carbons (Fsp3) is 0.115. The predicted molar refractivity (Wildman–Crippen MR) is 126 cm³/mol. The number of hydrogen-bond acceptors (Lipinski definition) is 4. The third-order valence-corrected chi connectivity index (χ3v) is 5.24. The predicted octanol–water partition coefficient (Wildman–Crippen LogP) is 4.66. The molecule has 3 aromatic carbocycles. The first-order valence-corrected chi connectivity index (χ1v) is 10.3. The molecular weight excluding hydrogens is 402 g/mol. The van der Waals surface area contributed by atoms with Gasteiger partial charge >= 0.3 is 0 Å². The molecule has 0 atom stereocenters. The number of rotatable bonds is 5. The second-order valence-electron chi connectivity index (χ2n) is 7.73. The van der Waals surface area contributed by atoms with Gasteiger partial charge in [-0.2, -0.15) is 0 Å². The van der Waals surface area contributed by atoms with Crippen molar-refractivity contribution in [2.75, 3.05) is 15.5 Å². The van der Waals surface area contributed by atoms with E-state index in [1.165, 1.54) is 11.8 Å². The summed E-state index contributed by atoms with van der Waals surface area (Å²) < 4.78 is 0. The Kier molecular flexibility index (Phi) is 5.60. The molecule has 0 aromatic heterocycles. The second kappa shape index (κ2) is 8.51. The van der Waals surface area contributed by atoms with Gasteiger partial charge in [0.25, 0.3) is 11.8 Å². The molecule has 1 aliphatic rings. The fourth-order valence-electron chi connectivity index (χ4n) is 3.65. The van der Waals surface area contributed by atoms with E-state index in [2.05, 4.69) is 10.6 Å². The highest BCUT2D eigenvalue weighted by Gasteiger charge is 2.40. The van der Waals surface area contributed by atoms with Crippen LogP contribution >= 0.6 is 0 Å². The van der Waals surface area contributed by atoms with Crippen LogP contribution in [0.15, 0.2) is 78.5 Å². The van der Waals surface area contributed by atoms with E-state index < -0.39 is 11.8 Å². The van der Waals surface area contributed by atoms with Crippen molar-refractivity contribution >= 4 is 40.4 Å². The molecule has 0 bridgehead atoms. The molecule has 0 aliphatic carbocycles. The quantitative estimate of drug-likeness (QED) is 0.583. The van der Waals surface area contributed by atoms with Gasteiger partial charge in [-0.1, -0.05) is 42.5 Å². The van der Waals surface area contributed by atoms with Crippen LogP contribution in [0.4, 0.5) is 17.1 Å². The third-order valence-electron chi connectivity index (χ3n) is 5.24. The van der Waals surface area contributed by atoms with Gasteiger partial charge in [-0.15, -0.1) is 0 Å². The number of para-hydroxylation sites is 1. The van der Waals surface area contributed by atoms with E-state index in [0.717, 1.165) is 16.8 Å². The minimum atomic E-state index is -0.414. The molecule has 1 aliphatic heterocycles. The lowest BCUT2D eigenvalue weighted by Crippen LogP contribution is -2.32. The number of carbonyl (C=O) groups excluding carboxylic acids is 3. The van der Waals surface area contributed by atoms with E-state index in [4.69, 9.17) is 0 Å². The average molecular weight is 425 g/mol. The number of hydrogen-bond donors (Lipinski definition) is 2. The first-order valence-electron chi connectivity index (χ1n) is 10.3. The van der Waals surface area contributed by atoms with Crippen molar-refractivity contribution in [3.05, 3.63) is 95.2 Å². The normalized spacial score (nSPS) is 13.5. The molecule has 0 unspecified atom stereocenters. The lowest BCUT2D eigenvalue weighted by Gasteiger charge is -2.15. The monoisotopic (exact) mass is 425 g/mol. The largest absolute Gasteiger partial charge is 0.350 e. The van der Waals surface area contributed by atoms with Gasteiger partial charge in [-0.25, -0.2) is 4.90 Å². The Morgan fingerprint density at radius 2 is 1.53 bits per heavy atom. The van der Waals surface area contributed by atoms with E-state index in [1.54, 1.807) is 48.5 Å². The molecule has 32 heavy (non-hydrogen) atoms. The highest BCUT2D eigenvalue weighted by atomic mass is 16.2. The Bertz CT molecular complexity index is 1250. The van der Waals surface area contributed by atoms with Crippen molar-refractivity contribution in [2.45, 2.75) is 20.8 Å². The van der Waals surface area contributed by atoms with Crippen LogP contribution in [-0.4, -0.2) is 17.7 Å². The number of anilines is 3. The summed E-state index contributed by atoms with van der Waals surface area (Å²) in [7, 11) is 0. The second-order valence-corrected chi connectivity index (χ2v) is 7.73. The maximum Gasteiger partial charge on any atom is 0.282 e. The zero-order valence-electron chi connectivity index (χ0n) is 18.1. The zero-order valence-corrected chi connectivity index (χ0v) is 18.1. The van der Waals surface area contributed by atoms with E-state index in [-0.39, 0.29) is 17.2 Å². The van der Waals surface area contributed by atoms with Crippen molar-refractivity contribution in [1.29, 1.82) is 0 Å². The molecule has 0 fully saturated rings. The number of benzene rings is 3. The summed E-state index contributed by atoms with van der Waals surface area (Å²) in [5.74, 6) is -0.999. The summed E-state index contributed by atoms with van der Waals surface area (Å²) in [6, 6.07) is 21.6. The summed E-state index contributed by atoms with van der Waals surface area (Å²) in [4.78, 5) is 39.4. The van der Waals surface area contributed by atoms with E-state index in [1.807, 2.05) is 38.1 Å². The van der Waals surface area contributed by atoms with Crippen LogP contribution in [0, 0.1) is 13.8 Å². The van der Waals surface area contributed by atoms with Crippen molar-refractivity contribution in [1.82, 2.24) is 0 Å². The number of nitrogens with zero attached hydrogens (tertiary/aromatic N) is 1. The van der Waals surface area contributed by atoms with Crippen LogP contribution < -0.4 is 15.5 Å². The van der Waals surface area contributed by atoms with Crippen LogP contribution in [0.2, 0.25) is 0 Å². The van der Waals surface area contributed by atoms with Gasteiger partial charge in [0.05, 0.1) is 11.3 Å². The maximum atomic E-state index is 13.5. The van der Waals surface area contributed by atoms with Crippen molar-refractivity contribution < 1.29 is 14.4 Å². The summed E-state index contributed by atoms with van der Waals surface area (Å²) >= 11 is 0. The Hall–Kier alpha value is -4.19. The van der Waals surface area contributed by atoms with Gasteiger partial charge in [0, 0.05) is 18.3 Å². The molecular formula is C26H23N3O3. The molecule has 0 spiro atoms. The standard InChI is InChI=1S/C26H23N3O3/c1-16-9-10-17(2)22(15-16)28-24-23(19-11-13-20(14-12-19)27-18(3)30)25(31)29(26(24)32)21-7-5-4-6-8-21/h4-15,28H,1-3H3,(H,27,30). The van der Waals surface area contributed by atoms with Crippen LogP contribution in [0.5, 0.6) is 0 Å². The molecule has 6 heteroatoms. The molecule has 0 radical (unpaired) electrons. The van der Waals surface area contributed by atoms with Gasteiger partial charge in [0.2, 0.25) is 5.91 Å². The molecule has 3 aromatic rings. The van der Waals surface area contributed by atoms with E-state index >= 15 is 0 Å². The Morgan fingerprint density at radius 3 is 2.19 bits per heavy atom. The molecule has 4 rings (SSSR count). The molecule has 6 nitrogen and oxygen atoms in total. The van der Waals surface area contributed by atoms with Gasteiger partial charge in [-0.05, 0) is 60.9 Å². The third kappa shape index (κ3) is 4.03. The van der Waals surface area contributed by atoms with Crippen LogP contribution in [0.25, 0.3) is 5.57 Å². The lowest BCUT2D eigenvalue weighted by atomic mass is 10.0. The SMILES string of the molecule is CC(=O)Nc1ccc(C2=C(Nc3cc(C)ccc3C)C(=O)N(c3ccccc3)C2=O)cc1. The highest BCUT2D eigenvalue weighted by molar-refractivity contribution is 6.46. The minimum Gasteiger partial charge on any atom is -0.350 e. The maximum absolute atomic E-state index is 13.5. The van der Waals surface area contributed by atoms with Crippen LogP contribution in [0.1, 0.15) is 23.6 Å². The van der Waals surface area contributed by atoms with Gasteiger partial charge in [-0.3, -0.25) is 14.4 Å². The van der Waals surface area contributed by atoms with Crippen LogP contribution in [-0.2, 0) is 14.4 Å². The van der Waals surface area contributed by atoms with Crippen LogP contribution in [0.3, 0.4) is 0 Å². The Morgan fingerprint density at radius 1 is 0.844 bits per heavy atom. The van der Waals surface area contributed by atoms with Gasteiger partial charge in [0.1, 0.15) is 5.70 Å². The number of aryl methyl sites for hydroxylation is 2.